The minimum atomic E-state index is -0.304. The monoisotopic (exact) mass is 241 g/mol. The lowest BCUT2D eigenvalue weighted by molar-refractivity contribution is -0.152. The Morgan fingerprint density at radius 1 is 1.24 bits per heavy atom. The number of amides is 2. The fourth-order valence-corrected chi connectivity index (χ4v) is 2.17. The number of hydrogen-bond acceptors (Lipinski definition) is 3. The number of rotatable bonds is 5. The number of nitrogens with zero attached hydrogens (tertiary/aromatic N) is 1. The molecule has 4 heteroatoms. The SMILES string of the molecule is CC(O)CCCCN1C(=O)CC(C)(C)CC1=O. The minimum absolute atomic E-state index is 0.0525. The zero-order chi connectivity index (χ0) is 13.1. The molecule has 4 nitrogen and oxygen atoms in total. The zero-order valence-electron chi connectivity index (χ0n) is 11.0. The molecule has 0 spiro atoms. The average molecular weight is 241 g/mol. The second-order valence-corrected chi connectivity index (χ2v) is 5.80. The first-order chi connectivity index (χ1) is 7.82. The average Bonchev–Trinajstić information content (AvgIpc) is 2.12. The Morgan fingerprint density at radius 2 is 1.76 bits per heavy atom. The lowest BCUT2D eigenvalue weighted by atomic mass is 9.81. The molecule has 1 atom stereocenters. The van der Waals surface area contributed by atoms with Gasteiger partial charge in [-0.2, -0.15) is 0 Å². The van der Waals surface area contributed by atoms with Crippen LogP contribution in [0, 0.1) is 5.41 Å². The molecule has 1 unspecified atom stereocenters. The van der Waals surface area contributed by atoms with E-state index >= 15 is 0 Å². The number of aliphatic hydroxyl groups excluding tert-OH is 1. The Hall–Kier alpha value is -0.900. The third-order valence-electron chi connectivity index (χ3n) is 3.12. The number of piperidine rings is 1. The largest absolute Gasteiger partial charge is 0.393 e. The van der Waals surface area contributed by atoms with Gasteiger partial charge in [0.05, 0.1) is 6.10 Å². The molecule has 98 valence electrons. The van der Waals surface area contributed by atoms with Crippen molar-refractivity contribution in [3.05, 3.63) is 0 Å². The number of hydrogen-bond donors (Lipinski definition) is 1. The van der Waals surface area contributed by atoms with Crippen LogP contribution >= 0.6 is 0 Å². The Kier molecular flexibility index (Phi) is 4.69. The molecule has 1 heterocycles. The van der Waals surface area contributed by atoms with E-state index in [2.05, 4.69) is 0 Å². The summed E-state index contributed by atoms with van der Waals surface area (Å²) in [5.41, 5.74) is -0.190. The van der Waals surface area contributed by atoms with Crippen molar-refractivity contribution in [1.82, 2.24) is 4.90 Å². The van der Waals surface area contributed by atoms with E-state index in [1.165, 1.54) is 4.90 Å². The molecular formula is C13H23NO3. The summed E-state index contributed by atoms with van der Waals surface area (Å²) >= 11 is 0. The lowest BCUT2D eigenvalue weighted by Crippen LogP contribution is -2.46. The third-order valence-corrected chi connectivity index (χ3v) is 3.12. The molecule has 0 aliphatic carbocycles. The summed E-state index contributed by atoms with van der Waals surface area (Å²) in [7, 11) is 0. The Morgan fingerprint density at radius 3 is 2.24 bits per heavy atom. The van der Waals surface area contributed by atoms with E-state index in [4.69, 9.17) is 5.11 Å². The molecule has 1 aliphatic heterocycles. The smallest absolute Gasteiger partial charge is 0.229 e. The van der Waals surface area contributed by atoms with E-state index in [1.807, 2.05) is 13.8 Å². The first-order valence-electron chi connectivity index (χ1n) is 6.33. The second-order valence-electron chi connectivity index (χ2n) is 5.80. The Bertz CT molecular complexity index is 277. The topological polar surface area (TPSA) is 57.6 Å². The van der Waals surface area contributed by atoms with E-state index < -0.39 is 0 Å². The van der Waals surface area contributed by atoms with E-state index in [0.717, 1.165) is 19.3 Å². The van der Waals surface area contributed by atoms with Crippen LogP contribution in [-0.4, -0.2) is 34.5 Å². The highest BCUT2D eigenvalue weighted by Gasteiger charge is 2.36. The number of carbonyl (C=O) groups is 2. The predicted octanol–water partition coefficient (Wildman–Crippen LogP) is 1.71. The number of aliphatic hydroxyl groups is 1. The highest BCUT2D eigenvalue weighted by molar-refractivity contribution is 5.98. The number of imide groups is 1. The molecule has 2 amide bonds. The highest BCUT2D eigenvalue weighted by Crippen LogP contribution is 2.31. The van der Waals surface area contributed by atoms with Crippen molar-refractivity contribution in [1.29, 1.82) is 0 Å². The van der Waals surface area contributed by atoms with Crippen LogP contribution < -0.4 is 0 Å². The van der Waals surface area contributed by atoms with Crippen molar-refractivity contribution >= 4 is 11.8 Å². The molecule has 1 fully saturated rings. The first-order valence-corrected chi connectivity index (χ1v) is 6.33. The minimum Gasteiger partial charge on any atom is -0.393 e. The van der Waals surface area contributed by atoms with Crippen LogP contribution in [0.25, 0.3) is 0 Å². The van der Waals surface area contributed by atoms with Crippen LogP contribution in [0.15, 0.2) is 0 Å². The Labute approximate surface area is 103 Å². The van der Waals surface area contributed by atoms with Gasteiger partial charge in [0.25, 0.3) is 0 Å². The van der Waals surface area contributed by atoms with Gasteiger partial charge in [-0.25, -0.2) is 0 Å². The van der Waals surface area contributed by atoms with Crippen LogP contribution in [0.2, 0.25) is 0 Å². The van der Waals surface area contributed by atoms with Crippen molar-refractivity contribution in [3.63, 3.8) is 0 Å². The van der Waals surface area contributed by atoms with Crippen molar-refractivity contribution in [2.75, 3.05) is 6.54 Å². The van der Waals surface area contributed by atoms with Gasteiger partial charge in [0.1, 0.15) is 0 Å². The van der Waals surface area contributed by atoms with Gasteiger partial charge in [0.2, 0.25) is 11.8 Å². The molecule has 0 aromatic rings. The van der Waals surface area contributed by atoms with Gasteiger partial charge in [0, 0.05) is 19.4 Å². The third kappa shape index (κ3) is 4.46. The molecule has 1 aliphatic rings. The van der Waals surface area contributed by atoms with Gasteiger partial charge in [-0.1, -0.05) is 13.8 Å². The summed E-state index contributed by atoms with van der Waals surface area (Å²) in [6, 6.07) is 0. The lowest BCUT2D eigenvalue weighted by Gasteiger charge is -2.34. The quantitative estimate of drug-likeness (QED) is 0.589. The molecule has 1 saturated heterocycles. The fourth-order valence-electron chi connectivity index (χ4n) is 2.17. The van der Waals surface area contributed by atoms with Crippen molar-refractivity contribution in [2.45, 2.75) is 59.0 Å². The highest BCUT2D eigenvalue weighted by atomic mass is 16.3. The number of carbonyl (C=O) groups excluding carboxylic acids is 2. The second kappa shape index (κ2) is 5.63. The maximum absolute atomic E-state index is 11.8. The predicted molar refractivity (Wildman–Crippen MR) is 65.3 cm³/mol. The van der Waals surface area contributed by atoms with E-state index in [9.17, 15) is 9.59 Å². The standard InChI is InChI=1S/C13H23NO3/c1-10(15)6-4-5-7-14-11(16)8-13(2,3)9-12(14)17/h10,15H,4-9H2,1-3H3. The van der Waals surface area contributed by atoms with Gasteiger partial charge in [-0.15, -0.1) is 0 Å². The van der Waals surface area contributed by atoms with Gasteiger partial charge in [-0.3, -0.25) is 14.5 Å². The molecule has 0 saturated carbocycles. The van der Waals surface area contributed by atoms with E-state index in [0.29, 0.717) is 19.4 Å². The maximum Gasteiger partial charge on any atom is 0.229 e. The zero-order valence-corrected chi connectivity index (χ0v) is 11.0. The van der Waals surface area contributed by atoms with Crippen molar-refractivity contribution in [2.24, 2.45) is 5.41 Å². The summed E-state index contributed by atoms with van der Waals surface area (Å²) in [5.74, 6) is -0.105. The normalized spacial score (nSPS) is 21.8. The molecule has 0 radical (unpaired) electrons. The molecular weight excluding hydrogens is 218 g/mol. The number of likely N-dealkylation sites (tertiary alicyclic amines) is 1. The Balaban J connectivity index is 2.39. The van der Waals surface area contributed by atoms with E-state index in [1.54, 1.807) is 6.92 Å². The summed E-state index contributed by atoms with van der Waals surface area (Å²) in [5, 5.41) is 9.11. The van der Waals surface area contributed by atoms with E-state index in [-0.39, 0.29) is 23.3 Å². The molecule has 0 aromatic carbocycles. The summed E-state index contributed by atoms with van der Waals surface area (Å²) < 4.78 is 0. The molecule has 0 bridgehead atoms. The van der Waals surface area contributed by atoms with Gasteiger partial charge in [0.15, 0.2) is 0 Å². The van der Waals surface area contributed by atoms with Crippen LogP contribution in [0.1, 0.15) is 52.9 Å². The van der Waals surface area contributed by atoms with Gasteiger partial charge < -0.3 is 5.11 Å². The summed E-state index contributed by atoms with van der Waals surface area (Å²) in [6.07, 6.45) is 2.95. The summed E-state index contributed by atoms with van der Waals surface area (Å²) in [6.45, 7) is 6.15. The fraction of sp³-hybridized carbons (Fsp3) is 0.846. The molecule has 0 aromatic heterocycles. The van der Waals surface area contributed by atoms with Crippen LogP contribution in [0.4, 0.5) is 0 Å². The van der Waals surface area contributed by atoms with Crippen molar-refractivity contribution in [3.8, 4) is 0 Å². The van der Waals surface area contributed by atoms with Crippen LogP contribution in [0.5, 0.6) is 0 Å². The molecule has 17 heavy (non-hydrogen) atoms. The molecule has 1 rings (SSSR count). The van der Waals surface area contributed by atoms with Gasteiger partial charge in [-0.05, 0) is 31.6 Å². The van der Waals surface area contributed by atoms with Crippen molar-refractivity contribution < 1.29 is 14.7 Å². The van der Waals surface area contributed by atoms with Crippen LogP contribution in [0.3, 0.4) is 0 Å². The summed E-state index contributed by atoms with van der Waals surface area (Å²) in [4.78, 5) is 25.0. The number of unbranched alkanes of at least 4 members (excludes halogenated alkanes) is 1. The first kappa shape index (κ1) is 14.2. The van der Waals surface area contributed by atoms with Gasteiger partial charge >= 0.3 is 0 Å². The maximum atomic E-state index is 11.8. The molecule has 1 N–H and O–H groups in total. The van der Waals surface area contributed by atoms with Crippen LogP contribution in [-0.2, 0) is 9.59 Å².